The average Bonchev–Trinajstić information content (AvgIpc) is 2.49. The van der Waals surface area contributed by atoms with E-state index < -0.39 is 0 Å². The van der Waals surface area contributed by atoms with Gasteiger partial charge in [0.25, 0.3) is 0 Å². The molecule has 0 fully saturated rings. The molecule has 1 unspecified atom stereocenters. The van der Waals surface area contributed by atoms with Gasteiger partial charge < -0.3 is 0 Å². The average molecular weight is 356 g/mol. The fourth-order valence-electron chi connectivity index (χ4n) is 0.976. The predicted octanol–water partition coefficient (Wildman–Crippen LogP) is 2.99. The molecule has 0 N–H and O–H groups in total. The SMILES string of the molecule is Brc1cncc2c1cnn2PI. The maximum atomic E-state index is 4.23. The molecular formula is C6H4BrIN3P. The lowest BCUT2D eigenvalue weighted by Gasteiger charge is -1.95. The highest BCUT2D eigenvalue weighted by Crippen LogP contribution is 2.30. The lowest BCUT2D eigenvalue weighted by molar-refractivity contribution is 1.04. The van der Waals surface area contributed by atoms with Crippen LogP contribution in [0.25, 0.3) is 10.9 Å². The molecule has 1 atom stereocenters. The van der Waals surface area contributed by atoms with Crippen molar-refractivity contribution in [2.24, 2.45) is 0 Å². The summed E-state index contributed by atoms with van der Waals surface area (Å²) in [7, 11) is 0. The van der Waals surface area contributed by atoms with Crippen LogP contribution in [0.1, 0.15) is 0 Å². The van der Waals surface area contributed by atoms with E-state index in [1.807, 2.05) is 16.8 Å². The highest BCUT2D eigenvalue weighted by atomic mass is 127. The van der Waals surface area contributed by atoms with Gasteiger partial charge in [-0.1, -0.05) is 0 Å². The number of pyridine rings is 1. The Labute approximate surface area is 92.4 Å². The third kappa shape index (κ3) is 1.38. The molecule has 0 aliphatic rings. The summed E-state index contributed by atoms with van der Waals surface area (Å²) in [5, 5.41) is 5.35. The van der Waals surface area contributed by atoms with Gasteiger partial charge in [0, 0.05) is 16.1 Å². The summed E-state index contributed by atoms with van der Waals surface area (Å²) in [6.07, 6.45) is 6.09. The highest BCUT2D eigenvalue weighted by Gasteiger charge is 2.03. The molecule has 2 aromatic rings. The molecule has 2 heterocycles. The van der Waals surface area contributed by atoms with Crippen LogP contribution in [0.3, 0.4) is 0 Å². The Balaban J connectivity index is 2.80. The molecule has 2 aromatic heterocycles. The summed E-state index contributed by atoms with van der Waals surface area (Å²) in [5.41, 5.74) is 1.08. The standard InChI is InChI=1S/C6H4BrIN3P/c7-5-2-9-3-6-4(5)1-10-11(6)12-8/h1-3,12H. The fourth-order valence-corrected chi connectivity index (χ4v) is 2.92. The summed E-state index contributed by atoms with van der Waals surface area (Å²) in [4.78, 5) is 4.09. The van der Waals surface area contributed by atoms with Crippen molar-refractivity contribution in [3.05, 3.63) is 23.1 Å². The number of hydrogen-bond donors (Lipinski definition) is 0. The van der Waals surface area contributed by atoms with E-state index >= 15 is 0 Å². The Morgan fingerprint density at radius 3 is 3.00 bits per heavy atom. The van der Waals surface area contributed by atoms with Gasteiger partial charge in [0.05, 0.1) is 24.3 Å². The van der Waals surface area contributed by atoms with Gasteiger partial charge in [-0.15, -0.1) is 0 Å². The molecule has 0 spiro atoms. The molecule has 12 heavy (non-hydrogen) atoms. The van der Waals surface area contributed by atoms with Gasteiger partial charge in [0.15, 0.2) is 0 Å². The second kappa shape index (κ2) is 3.55. The van der Waals surface area contributed by atoms with Crippen LogP contribution in [-0.4, -0.2) is 14.5 Å². The minimum absolute atomic E-state index is 0.619. The van der Waals surface area contributed by atoms with Crippen molar-refractivity contribution in [3.8, 4) is 0 Å². The molecule has 2 rings (SSSR count). The van der Waals surface area contributed by atoms with Gasteiger partial charge in [0.1, 0.15) is 0 Å². The van der Waals surface area contributed by atoms with Crippen LogP contribution in [-0.2, 0) is 0 Å². The summed E-state index contributed by atoms with van der Waals surface area (Å²) in [6.45, 7) is 0. The van der Waals surface area contributed by atoms with Crippen LogP contribution in [0.2, 0.25) is 0 Å². The van der Waals surface area contributed by atoms with Crippen LogP contribution in [0.15, 0.2) is 23.1 Å². The van der Waals surface area contributed by atoms with E-state index in [2.05, 4.69) is 48.1 Å². The number of rotatable bonds is 1. The van der Waals surface area contributed by atoms with Crippen molar-refractivity contribution in [1.82, 2.24) is 14.5 Å². The zero-order valence-electron chi connectivity index (χ0n) is 5.83. The number of nitrogens with zero attached hydrogens (tertiary/aromatic N) is 3. The Hall–Kier alpha value is 0.260. The van der Waals surface area contributed by atoms with Gasteiger partial charge in [-0.3, -0.25) is 4.98 Å². The van der Waals surface area contributed by atoms with Gasteiger partial charge in [-0.2, -0.15) is 5.10 Å². The zero-order chi connectivity index (χ0) is 8.55. The minimum atomic E-state index is 0.619. The summed E-state index contributed by atoms with van der Waals surface area (Å²) in [6, 6.07) is 0. The van der Waals surface area contributed by atoms with E-state index in [9.17, 15) is 0 Å². The molecule has 0 bridgehead atoms. The Morgan fingerprint density at radius 1 is 1.42 bits per heavy atom. The van der Waals surface area contributed by atoms with Crippen LogP contribution in [0.4, 0.5) is 0 Å². The first-order chi connectivity index (χ1) is 5.83. The third-order valence-corrected chi connectivity index (χ3v) is 4.05. The number of aromatic nitrogens is 3. The monoisotopic (exact) mass is 355 g/mol. The van der Waals surface area contributed by atoms with Crippen LogP contribution < -0.4 is 0 Å². The van der Waals surface area contributed by atoms with E-state index in [-0.39, 0.29) is 0 Å². The minimum Gasteiger partial charge on any atom is -0.261 e. The lowest BCUT2D eigenvalue weighted by atomic mass is 10.3. The molecule has 6 heteroatoms. The maximum Gasteiger partial charge on any atom is 0.0923 e. The largest absolute Gasteiger partial charge is 0.261 e. The van der Waals surface area contributed by atoms with Crippen LogP contribution in [0, 0.1) is 0 Å². The van der Waals surface area contributed by atoms with Crippen molar-refractivity contribution in [2.45, 2.75) is 0 Å². The Kier molecular flexibility index (Phi) is 2.62. The fraction of sp³-hybridized carbons (Fsp3) is 0. The third-order valence-electron chi connectivity index (χ3n) is 1.53. The second-order valence-corrected chi connectivity index (χ2v) is 5.09. The Bertz CT molecular complexity index is 416. The molecule has 0 aliphatic heterocycles. The summed E-state index contributed by atoms with van der Waals surface area (Å²) < 4.78 is 2.94. The zero-order valence-corrected chi connectivity index (χ0v) is 10.6. The summed E-state index contributed by atoms with van der Waals surface area (Å²) >= 11 is 5.72. The number of halogens is 2. The van der Waals surface area contributed by atoms with Crippen molar-refractivity contribution < 1.29 is 0 Å². The first-order valence-electron chi connectivity index (χ1n) is 3.17. The first kappa shape index (κ1) is 8.84. The second-order valence-electron chi connectivity index (χ2n) is 2.20. The van der Waals surface area contributed by atoms with Crippen molar-refractivity contribution in [1.29, 1.82) is 0 Å². The molecule has 0 aliphatic carbocycles. The van der Waals surface area contributed by atoms with E-state index in [0.717, 1.165) is 15.4 Å². The highest BCUT2D eigenvalue weighted by molar-refractivity contribution is 14.2. The quantitative estimate of drug-likeness (QED) is 0.581. The molecular weight excluding hydrogens is 352 g/mol. The normalized spacial score (nSPS) is 11.8. The van der Waals surface area contributed by atoms with Gasteiger partial charge in [0.2, 0.25) is 0 Å². The van der Waals surface area contributed by atoms with Crippen molar-refractivity contribution in [2.75, 3.05) is 0 Å². The number of fused-ring (bicyclic) bond motifs is 1. The van der Waals surface area contributed by atoms with Crippen LogP contribution >= 0.6 is 44.3 Å². The van der Waals surface area contributed by atoms with E-state index in [0.29, 0.717) is 6.37 Å². The number of hydrogen-bond acceptors (Lipinski definition) is 2. The molecule has 0 amide bonds. The first-order valence-corrected chi connectivity index (χ1v) is 8.02. The lowest BCUT2D eigenvalue weighted by Crippen LogP contribution is -1.82. The molecule has 0 saturated carbocycles. The molecule has 0 radical (unpaired) electrons. The van der Waals surface area contributed by atoms with Crippen LogP contribution in [0.5, 0.6) is 0 Å². The molecule has 3 nitrogen and oxygen atoms in total. The van der Waals surface area contributed by atoms with Gasteiger partial charge in [-0.25, -0.2) is 4.45 Å². The predicted molar refractivity (Wildman–Crippen MR) is 63.0 cm³/mol. The topological polar surface area (TPSA) is 30.7 Å². The van der Waals surface area contributed by atoms with E-state index in [1.165, 1.54) is 0 Å². The molecule has 62 valence electrons. The van der Waals surface area contributed by atoms with Crippen molar-refractivity contribution in [3.63, 3.8) is 0 Å². The van der Waals surface area contributed by atoms with E-state index in [1.54, 1.807) is 6.20 Å². The maximum absolute atomic E-state index is 4.23. The summed E-state index contributed by atoms with van der Waals surface area (Å²) in [5.74, 6) is 0. The van der Waals surface area contributed by atoms with Gasteiger partial charge >= 0.3 is 0 Å². The Morgan fingerprint density at radius 2 is 2.25 bits per heavy atom. The van der Waals surface area contributed by atoms with E-state index in [4.69, 9.17) is 0 Å². The van der Waals surface area contributed by atoms with Gasteiger partial charge in [-0.05, 0) is 38.0 Å². The smallest absolute Gasteiger partial charge is 0.0923 e. The van der Waals surface area contributed by atoms with Crippen molar-refractivity contribution >= 4 is 55.2 Å². The molecule has 0 saturated heterocycles. The molecule has 0 aromatic carbocycles.